The normalized spacial score (nSPS) is 10.5. The van der Waals surface area contributed by atoms with Gasteiger partial charge in [-0.15, -0.1) is 10.2 Å². The van der Waals surface area contributed by atoms with E-state index >= 15 is 0 Å². The molecule has 2 aromatic carbocycles. The van der Waals surface area contributed by atoms with Crippen molar-refractivity contribution in [3.63, 3.8) is 0 Å². The van der Waals surface area contributed by atoms with Gasteiger partial charge in [-0.05, 0) is 24.3 Å². The van der Waals surface area contributed by atoms with Crippen molar-refractivity contribution < 1.29 is 4.79 Å². The van der Waals surface area contributed by atoms with Gasteiger partial charge in [0.05, 0.1) is 15.7 Å². The molecular formula is C15H9Cl3N4OS. The van der Waals surface area contributed by atoms with E-state index in [9.17, 15) is 4.79 Å². The number of hydrogen-bond acceptors (Lipinski definition) is 4. The Hall–Kier alpha value is -1.86. The van der Waals surface area contributed by atoms with Crippen LogP contribution >= 0.6 is 46.1 Å². The summed E-state index contributed by atoms with van der Waals surface area (Å²) in [4.78, 5) is 12.0. The maximum absolute atomic E-state index is 12.0. The molecule has 3 aromatic rings. The quantitative estimate of drug-likeness (QED) is 0.584. The van der Waals surface area contributed by atoms with Crippen molar-refractivity contribution in [2.75, 3.05) is 10.6 Å². The van der Waals surface area contributed by atoms with E-state index in [1.165, 1.54) is 11.3 Å². The van der Waals surface area contributed by atoms with Gasteiger partial charge in [-0.3, -0.25) is 5.32 Å². The number of nitrogens with zero attached hydrogens (tertiary/aromatic N) is 2. The zero-order valence-electron chi connectivity index (χ0n) is 11.9. The fourth-order valence-corrected chi connectivity index (χ4v) is 3.37. The van der Waals surface area contributed by atoms with Crippen molar-refractivity contribution in [3.8, 4) is 10.6 Å². The third kappa shape index (κ3) is 3.96. The number of benzene rings is 2. The lowest BCUT2D eigenvalue weighted by molar-refractivity contribution is 0.262. The van der Waals surface area contributed by atoms with Crippen molar-refractivity contribution >= 4 is 63.0 Å². The Morgan fingerprint density at radius 3 is 2.50 bits per heavy atom. The number of amides is 2. The van der Waals surface area contributed by atoms with E-state index in [4.69, 9.17) is 34.8 Å². The summed E-state index contributed by atoms with van der Waals surface area (Å²) in [6, 6.07) is 11.6. The van der Waals surface area contributed by atoms with Crippen molar-refractivity contribution in [2.24, 2.45) is 0 Å². The largest absolute Gasteiger partial charge is 0.325 e. The average Bonchev–Trinajstić information content (AvgIpc) is 2.99. The molecule has 0 saturated heterocycles. The summed E-state index contributed by atoms with van der Waals surface area (Å²) in [5, 5.41) is 15.5. The maximum atomic E-state index is 12.0. The molecule has 0 atom stereocenters. The van der Waals surface area contributed by atoms with Gasteiger partial charge in [0, 0.05) is 10.6 Å². The van der Waals surface area contributed by atoms with Crippen LogP contribution in [-0.4, -0.2) is 16.2 Å². The van der Waals surface area contributed by atoms with Crippen LogP contribution in [0, 0.1) is 0 Å². The van der Waals surface area contributed by atoms with Crippen molar-refractivity contribution in [3.05, 3.63) is 57.5 Å². The highest BCUT2D eigenvalue weighted by Gasteiger charge is 2.12. The second-order valence-electron chi connectivity index (χ2n) is 4.60. The van der Waals surface area contributed by atoms with Gasteiger partial charge < -0.3 is 5.32 Å². The first-order valence-corrected chi connectivity index (χ1v) is 8.59. The van der Waals surface area contributed by atoms with Crippen molar-refractivity contribution in [1.29, 1.82) is 0 Å². The Kier molecular flexibility index (Phi) is 5.20. The first kappa shape index (κ1) is 17.0. The molecule has 0 radical (unpaired) electrons. The lowest BCUT2D eigenvalue weighted by Crippen LogP contribution is -2.19. The van der Waals surface area contributed by atoms with Crippen LogP contribution in [0.2, 0.25) is 15.1 Å². The second kappa shape index (κ2) is 7.36. The Morgan fingerprint density at radius 2 is 1.75 bits per heavy atom. The molecule has 1 aromatic heterocycles. The van der Waals surface area contributed by atoms with Gasteiger partial charge in [0.2, 0.25) is 5.13 Å². The Balaban J connectivity index is 1.70. The molecule has 2 amide bonds. The Morgan fingerprint density at radius 1 is 0.958 bits per heavy atom. The predicted octanol–water partition coefficient (Wildman–Crippen LogP) is 5.81. The van der Waals surface area contributed by atoms with Gasteiger partial charge in [0.25, 0.3) is 0 Å². The molecule has 0 bridgehead atoms. The molecule has 0 aliphatic carbocycles. The second-order valence-corrected chi connectivity index (χ2v) is 6.82. The summed E-state index contributed by atoms with van der Waals surface area (Å²) in [6.07, 6.45) is 0. The number of carbonyl (C=O) groups is 1. The molecule has 0 spiro atoms. The molecule has 0 unspecified atom stereocenters. The first-order chi connectivity index (χ1) is 11.5. The lowest BCUT2D eigenvalue weighted by Gasteiger charge is -2.07. The summed E-state index contributed by atoms with van der Waals surface area (Å²) < 4.78 is 0. The van der Waals surface area contributed by atoms with Crippen LogP contribution in [0.15, 0.2) is 42.5 Å². The first-order valence-electron chi connectivity index (χ1n) is 6.64. The number of hydrogen-bond donors (Lipinski definition) is 2. The number of rotatable bonds is 3. The zero-order valence-corrected chi connectivity index (χ0v) is 15.0. The standard InChI is InChI=1S/C15H9Cl3N4OS/c16-8-5-6-12(11(18)7-8)19-14(23)20-15-22-21-13(24-15)9-3-1-2-4-10(9)17/h1-7H,(H2,19,20,22,23). The van der Waals surface area contributed by atoms with Crippen LogP contribution in [0.4, 0.5) is 15.6 Å². The monoisotopic (exact) mass is 398 g/mol. The molecule has 0 fully saturated rings. The fourth-order valence-electron chi connectivity index (χ4n) is 1.86. The van der Waals surface area contributed by atoms with Gasteiger partial charge in [-0.2, -0.15) is 0 Å². The molecule has 2 N–H and O–H groups in total. The van der Waals surface area contributed by atoms with Crippen LogP contribution < -0.4 is 10.6 Å². The molecule has 9 heteroatoms. The smallest absolute Gasteiger partial charge is 0.306 e. The Bertz CT molecular complexity index is 900. The summed E-state index contributed by atoms with van der Waals surface area (Å²) in [6.45, 7) is 0. The summed E-state index contributed by atoms with van der Waals surface area (Å²) in [7, 11) is 0. The lowest BCUT2D eigenvalue weighted by atomic mass is 10.2. The molecule has 122 valence electrons. The van der Waals surface area contributed by atoms with Crippen LogP contribution in [0.25, 0.3) is 10.6 Å². The number of urea groups is 1. The zero-order chi connectivity index (χ0) is 17.1. The van der Waals surface area contributed by atoms with Crippen molar-refractivity contribution in [2.45, 2.75) is 0 Å². The topological polar surface area (TPSA) is 66.9 Å². The number of aromatic nitrogens is 2. The van der Waals surface area contributed by atoms with Crippen LogP contribution in [0.3, 0.4) is 0 Å². The molecule has 0 aliphatic rings. The van der Waals surface area contributed by atoms with Gasteiger partial charge in [-0.1, -0.05) is 64.3 Å². The van der Waals surface area contributed by atoms with Gasteiger partial charge >= 0.3 is 6.03 Å². The molecule has 24 heavy (non-hydrogen) atoms. The van der Waals surface area contributed by atoms with E-state index in [0.29, 0.717) is 30.9 Å². The van der Waals surface area contributed by atoms with E-state index in [1.807, 2.05) is 18.2 Å². The third-order valence-corrected chi connectivity index (χ3v) is 4.68. The van der Waals surface area contributed by atoms with E-state index in [1.54, 1.807) is 24.3 Å². The molecular weight excluding hydrogens is 391 g/mol. The molecule has 0 saturated carbocycles. The average molecular weight is 400 g/mol. The number of halogens is 3. The summed E-state index contributed by atoms with van der Waals surface area (Å²) >= 11 is 19.2. The Labute approximate surface area is 156 Å². The van der Waals surface area contributed by atoms with Gasteiger partial charge in [0.1, 0.15) is 0 Å². The SMILES string of the molecule is O=C(Nc1nnc(-c2ccccc2Cl)s1)Nc1ccc(Cl)cc1Cl. The molecule has 5 nitrogen and oxygen atoms in total. The predicted molar refractivity (Wildman–Crippen MR) is 99.5 cm³/mol. The number of anilines is 2. The van der Waals surface area contributed by atoms with E-state index in [-0.39, 0.29) is 0 Å². The van der Waals surface area contributed by atoms with E-state index in [0.717, 1.165) is 5.56 Å². The fraction of sp³-hybridized carbons (Fsp3) is 0. The highest BCUT2D eigenvalue weighted by molar-refractivity contribution is 7.18. The van der Waals surface area contributed by atoms with E-state index in [2.05, 4.69) is 20.8 Å². The minimum atomic E-state index is -0.485. The highest BCUT2D eigenvalue weighted by atomic mass is 35.5. The molecule has 0 aliphatic heterocycles. The summed E-state index contributed by atoms with van der Waals surface area (Å²) in [5.41, 5.74) is 1.19. The van der Waals surface area contributed by atoms with Gasteiger partial charge in [0.15, 0.2) is 5.01 Å². The number of nitrogens with one attached hydrogen (secondary N) is 2. The summed E-state index contributed by atoms with van der Waals surface area (Å²) in [5.74, 6) is 0. The van der Waals surface area contributed by atoms with E-state index < -0.39 is 6.03 Å². The number of carbonyl (C=O) groups excluding carboxylic acids is 1. The minimum absolute atomic E-state index is 0.340. The van der Waals surface area contributed by atoms with Crippen LogP contribution in [0.5, 0.6) is 0 Å². The maximum Gasteiger partial charge on any atom is 0.325 e. The van der Waals surface area contributed by atoms with Gasteiger partial charge in [-0.25, -0.2) is 4.79 Å². The minimum Gasteiger partial charge on any atom is -0.306 e. The molecule has 3 rings (SSSR count). The highest BCUT2D eigenvalue weighted by Crippen LogP contribution is 2.32. The van der Waals surface area contributed by atoms with Crippen LogP contribution in [0.1, 0.15) is 0 Å². The van der Waals surface area contributed by atoms with Crippen LogP contribution in [-0.2, 0) is 0 Å². The molecule has 1 heterocycles. The third-order valence-electron chi connectivity index (χ3n) is 2.93. The van der Waals surface area contributed by atoms with Crippen molar-refractivity contribution in [1.82, 2.24) is 10.2 Å².